The Balaban J connectivity index is 1.24. The molecule has 0 atom stereocenters. The third-order valence-electron chi connectivity index (χ3n) is 6.33. The number of amides is 1. The molecule has 34 heavy (non-hydrogen) atoms. The van der Waals surface area contributed by atoms with E-state index in [9.17, 15) is 17.6 Å². The number of piperazine rings is 2. The summed E-state index contributed by atoms with van der Waals surface area (Å²) in [6.07, 6.45) is 0. The van der Waals surface area contributed by atoms with Gasteiger partial charge in [0, 0.05) is 52.4 Å². The van der Waals surface area contributed by atoms with Gasteiger partial charge in [-0.2, -0.15) is 9.57 Å². The molecule has 8 nitrogen and oxygen atoms in total. The van der Waals surface area contributed by atoms with E-state index in [1.54, 1.807) is 29.2 Å². The third kappa shape index (κ3) is 5.73. The Morgan fingerprint density at radius 1 is 0.941 bits per heavy atom. The van der Waals surface area contributed by atoms with Crippen LogP contribution >= 0.6 is 0 Å². The lowest BCUT2D eigenvalue weighted by atomic mass is 10.2. The summed E-state index contributed by atoms with van der Waals surface area (Å²) in [5.41, 5.74) is 1.51. The molecule has 1 amide bonds. The number of rotatable bonds is 6. The van der Waals surface area contributed by atoms with Crippen LogP contribution in [0.15, 0.2) is 48.5 Å². The highest BCUT2D eigenvalue weighted by atomic mass is 32.2. The van der Waals surface area contributed by atoms with Crippen molar-refractivity contribution < 1.29 is 17.6 Å². The topological polar surface area (TPSA) is 88.0 Å². The second-order valence-corrected chi connectivity index (χ2v) is 10.5. The van der Waals surface area contributed by atoms with Crippen molar-refractivity contribution in [2.75, 3.05) is 63.8 Å². The van der Waals surface area contributed by atoms with Gasteiger partial charge in [-0.15, -0.1) is 0 Å². The Kier molecular flexibility index (Phi) is 7.46. The Hall–Kier alpha value is -3.00. The van der Waals surface area contributed by atoms with Gasteiger partial charge in [0.1, 0.15) is 5.82 Å². The monoisotopic (exact) mass is 485 g/mol. The fourth-order valence-corrected chi connectivity index (χ4v) is 5.88. The first-order valence-electron chi connectivity index (χ1n) is 11.3. The zero-order valence-corrected chi connectivity index (χ0v) is 19.8. The molecule has 0 bridgehead atoms. The van der Waals surface area contributed by atoms with Gasteiger partial charge in [-0.1, -0.05) is 30.3 Å². The van der Waals surface area contributed by atoms with Crippen molar-refractivity contribution >= 4 is 21.6 Å². The van der Waals surface area contributed by atoms with E-state index in [1.807, 2.05) is 34.1 Å². The molecule has 0 saturated carbocycles. The first kappa shape index (κ1) is 24.1. The molecule has 2 saturated heterocycles. The number of halogens is 1. The highest BCUT2D eigenvalue weighted by Gasteiger charge is 2.30. The molecule has 180 valence electrons. The van der Waals surface area contributed by atoms with Crippen molar-refractivity contribution in [2.45, 2.75) is 5.75 Å². The minimum atomic E-state index is -3.42. The van der Waals surface area contributed by atoms with Crippen molar-refractivity contribution in [3.8, 4) is 6.07 Å². The molecule has 10 heteroatoms. The summed E-state index contributed by atoms with van der Waals surface area (Å²) >= 11 is 0. The minimum absolute atomic E-state index is 0.0156. The predicted octanol–water partition coefficient (Wildman–Crippen LogP) is 1.49. The molecule has 0 unspecified atom stereocenters. The lowest BCUT2D eigenvalue weighted by Gasteiger charge is -2.38. The third-order valence-corrected chi connectivity index (χ3v) is 8.18. The molecule has 2 heterocycles. The fraction of sp³-hybridized carbons (Fsp3) is 0.417. The standard InChI is InChI=1S/C24H28FN5O3S/c25-22-16-21(17-26)6-7-23(22)28-10-8-27(9-11-28)18-24(31)29-12-14-30(15-13-29)34(32,33)19-20-4-2-1-3-5-20/h1-7,16H,8-15,18-19H2. The molecule has 2 aromatic rings. The van der Waals surface area contributed by atoms with E-state index in [0.717, 1.165) is 5.56 Å². The zero-order chi connectivity index (χ0) is 24.1. The van der Waals surface area contributed by atoms with Crippen LogP contribution in [0.25, 0.3) is 0 Å². The normalized spacial score (nSPS) is 18.0. The summed E-state index contributed by atoms with van der Waals surface area (Å²) in [5.74, 6) is -0.465. The van der Waals surface area contributed by atoms with Crippen LogP contribution in [0.1, 0.15) is 11.1 Å². The van der Waals surface area contributed by atoms with Crippen LogP contribution in [0.5, 0.6) is 0 Å². The summed E-state index contributed by atoms with van der Waals surface area (Å²) in [4.78, 5) is 18.5. The molecular formula is C24H28FN5O3S. The molecule has 0 N–H and O–H groups in total. The van der Waals surface area contributed by atoms with Crippen molar-refractivity contribution in [1.82, 2.24) is 14.1 Å². The molecule has 2 aromatic carbocycles. The van der Waals surface area contributed by atoms with Gasteiger partial charge in [-0.3, -0.25) is 9.69 Å². The average molecular weight is 486 g/mol. The second-order valence-electron chi connectivity index (χ2n) is 8.56. The van der Waals surface area contributed by atoms with Gasteiger partial charge in [-0.05, 0) is 23.8 Å². The van der Waals surface area contributed by atoms with Gasteiger partial charge in [0.25, 0.3) is 0 Å². The van der Waals surface area contributed by atoms with Crippen LogP contribution in [0.3, 0.4) is 0 Å². The average Bonchev–Trinajstić information content (AvgIpc) is 2.85. The second kappa shape index (κ2) is 10.5. The van der Waals surface area contributed by atoms with Gasteiger partial charge in [-0.25, -0.2) is 12.8 Å². The van der Waals surface area contributed by atoms with Crippen molar-refractivity contribution in [3.63, 3.8) is 0 Å². The highest BCUT2D eigenvalue weighted by Crippen LogP contribution is 2.22. The van der Waals surface area contributed by atoms with E-state index in [2.05, 4.69) is 0 Å². The van der Waals surface area contributed by atoms with Gasteiger partial charge >= 0.3 is 0 Å². The summed E-state index contributed by atoms with van der Waals surface area (Å²) in [6, 6.07) is 15.5. The number of carbonyl (C=O) groups is 1. The van der Waals surface area contributed by atoms with Crippen molar-refractivity contribution in [3.05, 3.63) is 65.5 Å². The largest absolute Gasteiger partial charge is 0.367 e. The first-order chi connectivity index (χ1) is 16.4. The Morgan fingerprint density at radius 3 is 2.24 bits per heavy atom. The van der Waals surface area contributed by atoms with Gasteiger partial charge in [0.15, 0.2) is 0 Å². The molecule has 2 aliphatic heterocycles. The molecule has 0 aliphatic carbocycles. The van der Waals surface area contributed by atoms with E-state index in [0.29, 0.717) is 63.6 Å². The number of nitrogens with zero attached hydrogens (tertiary/aromatic N) is 5. The maximum atomic E-state index is 14.3. The molecule has 0 aromatic heterocycles. The lowest BCUT2D eigenvalue weighted by Crippen LogP contribution is -2.54. The molecule has 2 fully saturated rings. The summed E-state index contributed by atoms with van der Waals surface area (Å²) in [6.45, 7) is 4.03. The van der Waals surface area contributed by atoms with E-state index < -0.39 is 15.8 Å². The molecule has 2 aliphatic rings. The van der Waals surface area contributed by atoms with Crippen LogP contribution in [-0.2, 0) is 20.6 Å². The van der Waals surface area contributed by atoms with Crippen LogP contribution in [0.4, 0.5) is 10.1 Å². The number of anilines is 1. The van der Waals surface area contributed by atoms with E-state index >= 15 is 0 Å². The fourth-order valence-electron chi connectivity index (χ4n) is 4.36. The number of benzene rings is 2. The number of nitriles is 1. The smallest absolute Gasteiger partial charge is 0.236 e. The van der Waals surface area contributed by atoms with Crippen LogP contribution in [0.2, 0.25) is 0 Å². The first-order valence-corrected chi connectivity index (χ1v) is 12.9. The number of carbonyl (C=O) groups excluding carboxylic acids is 1. The molecule has 4 rings (SSSR count). The Labute approximate surface area is 199 Å². The minimum Gasteiger partial charge on any atom is -0.367 e. The molecular weight excluding hydrogens is 457 g/mol. The highest BCUT2D eigenvalue weighted by molar-refractivity contribution is 7.88. The summed E-state index contributed by atoms with van der Waals surface area (Å²) in [7, 11) is -3.42. The lowest BCUT2D eigenvalue weighted by molar-refractivity contribution is -0.133. The van der Waals surface area contributed by atoms with E-state index in [4.69, 9.17) is 5.26 Å². The van der Waals surface area contributed by atoms with Gasteiger partial charge in [0.05, 0.1) is 29.6 Å². The van der Waals surface area contributed by atoms with Gasteiger partial charge < -0.3 is 9.80 Å². The SMILES string of the molecule is N#Cc1ccc(N2CCN(CC(=O)N3CCN(S(=O)(=O)Cc4ccccc4)CC3)CC2)c(F)c1. The van der Waals surface area contributed by atoms with Crippen LogP contribution in [-0.4, -0.2) is 87.3 Å². The van der Waals surface area contributed by atoms with E-state index in [1.165, 1.54) is 10.4 Å². The van der Waals surface area contributed by atoms with E-state index in [-0.39, 0.29) is 18.2 Å². The molecule has 0 spiro atoms. The van der Waals surface area contributed by atoms with Gasteiger partial charge in [0.2, 0.25) is 15.9 Å². The van der Waals surface area contributed by atoms with Crippen molar-refractivity contribution in [1.29, 1.82) is 5.26 Å². The summed E-state index contributed by atoms with van der Waals surface area (Å²) < 4.78 is 41.2. The Bertz CT molecular complexity index is 1150. The number of hydrogen-bond donors (Lipinski definition) is 0. The maximum absolute atomic E-state index is 14.3. The van der Waals surface area contributed by atoms with Crippen molar-refractivity contribution in [2.24, 2.45) is 0 Å². The van der Waals surface area contributed by atoms with Crippen LogP contribution < -0.4 is 4.90 Å². The number of sulfonamides is 1. The maximum Gasteiger partial charge on any atom is 0.236 e. The predicted molar refractivity (Wildman–Crippen MR) is 127 cm³/mol. The Morgan fingerprint density at radius 2 is 1.62 bits per heavy atom. The molecule has 0 radical (unpaired) electrons. The van der Waals surface area contributed by atoms with Crippen LogP contribution in [0, 0.1) is 17.1 Å². The quantitative estimate of drug-likeness (QED) is 0.616. The number of hydrogen-bond acceptors (Lipinski definition) is 6. The summed E-state index contributed by atoms with van der Waals surface area (Å²) in [5, 5.41) is 8.90. The zero-order valence-electron chi connectivity index (χ0n) is 18.9.